The van der Waals surface area contributed by atoms with Crippen molar-refractivity contribution in [2.45, 2.75) is 20.4 Å². The van der Waals surface area contributed by atoms with Gasteiger partial charge in [0.1, 0.15) is 0 Å². The van der Waals surface area contributed by atoms with Crippen molar-refractivity contribution in [3.63, 3.8) is 0 Å². The first-order chi connectivity index (χ1) is 12.8. The van der Waals surface area contributed by atoms with E-state index in [-0.39, 0.29) is 24.8 Å². The number of hydrogen-bond acceptors (Lipinski definition) is 4. The molecule has 2 aromatic rings. The molecule has 27 heavy (non-hydrogen) atoms. The van der Waals surface area contributed by atoms with E-state index in [0.29, 0.717) is 29.4 Å². The Morgan fingerprint density at radius 1 is 1.19 bits per heavy atom. The van der Waals surface area contributed by atoms with Gasteiger partial charge >= 0.3 is 0 Å². The van der Waals surface area contributed by atoms with Gasteiger partial charge in [0.15, 0.2) is 5.78 Å². The van der Waals surface area contributed by atoms with Crippen LogP contribution in [-0.2, 0) is 16.1 Å². The third kappa shape index (κ3) is 5.92. The van der Waals surface area contributed by atoms with Gasteiger partial charge in [-0.2, -0.15) is 0 Å². The lowest BCUT2D eigenvalue weighted by molar-refractivity contribution is -0.116. The number of carbonyl (C=O) groups is 2. The molecule has 0 aliphatic heterocycles. The summed E-state index contributed by atoms with van der Waals surface area (Å²) in [6.45, 7) is 5.50. The number of ketones is 1. The van der Waals surface area contributed by atoms with E-state index in [0.717, 1.165) is 11.4 Å². The first-order valence-corrected chi connectivity index (χ1v) is 9.12. The van der Waals surface area contributed by atoms with E-state index < -0.39 is 0 Å². The number of anilines is 1. The largest absolute Gasteiger partial charge is 0.383 e. The summed E-state index contributed by atoms with van der Waals surface area (Å²) >= 11 is 5.83. The van der Waals surface area contributed by atoms with Crippen LogP contribution in [0.25, 0.3) is 0 Å². The number of aryl methyl sites for hydroxylation is 1. The van der Waals surface area contributed by atoms with Crippen molar-refractivity contribution in [3.05, 3.63) is 52.3 Å². The van der Waals surface area contributed by atoms with Gasteiger partial charge in [-0.1, -0.05) is 11.6 Å². The van der Waals surface area contributed by atoms with Crippen molar-refractivity contribution in [1.29, 1.82) is 0 Å². The minimum Gasteiger partial charge on any atom is -0.383 e. The van der Waals surface area contributed by atoms with Crippen LogP contribution in [0.2, 0.25) is 5.02 Å². The smallest absolute Gasteiger partial charge is 0.238 e. The average Bonchev–Trinajstić information content (AvgIpc) is 2.89. The normalized spacial score (nSPS) is 11.0. The Bertz CT molecular complexity index is 800. The fraction of sp³-hybridized carbons (Fsp3) is 0.400. The lowest BCUT2D eigenvalue weighted by Gasteiger charge is -2.16. The first-order valence-electron chi connectivity index (χ1n) is 8.74. The van der Waals surface area contributed by atoms with E-state index in [4.69, 9.17) is 16.3 Å². The zero-order valence-electron chi connectivity index (χ0n) is 16.2. The van der Waals surface area contributed by atoms with E-state index in [9.17, 15) is 9.59 Å². The molecule has 0 aliphatic rings. The first kappa shape index (κ1) is 21.2. The molecule has 0 spiro atoms. The molecule has 1 aromatic carbocycles. The number of amides is 1. The van der Waals surface area contributed by atoms with E-state index >= 15 is 0 Å². The molecule has 2 rings (SSSR count). The molecule has 0 unspecified atom stereocenters. The maximum atomic E-state index is 12.7. The zero-order valence-corrected chi connectivity index (χ0v) is 17.0. The summed E-state index contributed by atoms with van der Waals surface area (Å²) in [7, 11) is 3.41. The number of aromatic nitrogens is 1. The van der Waals surface area contributed by atoms with Crippen molar-refractivity contribution in [3.8, 4) is 0 Å². The second kappa shape index (κ2) is 9.69. The van der Waals surface area contributed by atoms with Crippen LogP contribution in [0, 0.1) is 13.8 Å². The van der Waals surface area contributed by atoms with Gasteiger partial charge in [0.2, 0.25) is 5.91 Å². The molecule has 0 radical (unpaired) electrons. The van der Waals surface area contributed by atoms with Crippen LogP contribution >= 0.6 is 11.6 Å². The number of halogens is 1. The maximum Gasteiger partial charge on any atom is 0.238 e. The van der Waals surface area contributed by atoms with Crippen LogP contribution in [0.3, 0.4) is 0 Å². The Labute approximate surface area is 165 Å². The minimum atomic E-state index is -0.182. The second-order valence-corrected chi connectivity index (χ2v) is 7.02. The predicted molar refractivity (Wildman–Crippen MR) is 108 cm³/mol. The third-order valence-electron chi connectivity index (χ3n) is 4.35. The van der Waals surface area contributed by atoms with Crippen molar-refractivity contribution in [1.82, 2.24) is 9.47 Å². The molecule has 1 N–H and O–H groups in total. The van der Waals surface area contributed by atoms with Crippen molar-refractivity contribution in [2.75, 3.05) is 39.2 Å². The number of rotatable bonds is 9. The molecule has 0 atom stereocenters. The fourth-order valence-electron chi connectivity index (χ4n) is 2.98. The lowest BCUT2D eigenvalue weighted by Crippen LogP contribution is -2.34. The molecule has 146 valence electrons. The number of methoxy groups -OCH3 is 1. The highest BCUT2D eigenvalue weighted by molar-refractivity contribution is 6.30. The number of likely N-dealkylation sites (N-methyl/N-ethyl adjacent to an activating group) is 1. The molecule has 0 aliphatic carbocycles. The summed E-state index contributed by atoms with van der Waals surface area (Å²) in [6, 6.07) is 8.79. The highest BCUT2D eigenvalue weighted by Gasteiger charge is 2.18. The summed E-state index contributed by atoms with van der Waals surface area (Å²) in [5.41, 5.74) is 3.31. The Balaban J connectivity index is 1.93. The molecule has 0 saturated heterocycles. The number of nitrogens with one attached hydrogen (secondary N) is 1. The van der Waals surface area contributed by atoms with Crippen LogP contribution in [-0.4, -0.2) is 55.0 Å². The molecular formula is C20H26ClN3O3. The standard InChI is InChI=1S/C20H26ClN3O3/c1-14-11-18(15(2)24(14)9-10-27-4)19(25)12-23(3)13-20(26)22-17-7-5-16(21)6-8-17/h5-8,11H,9-10,12-13H2,1-4H3,(H,22,26). The number of nitrogens with zero attached hydrogens (tertiary/aromatic N) is 2. The van der Waals surface area contributed by atoms with E-state index in [1.54, 1.807) is 43.3 Å². The Morgan fingerprint density at radius 2 is 1.85 bits per heavy atom. The number of Topliss-reactive ketones (excluding diaryl/α,β-unsaturated/α-hetero) is 1. The summed E-state index contributed by atoms with van der Waals surface area (Å²) in [5.74, 6) is -0.188. The van der Waals surface area contributed by atoms with Gasteiger partial charge in [-0.25, -0.2) is 0 Å². The van der Waals surface area contributed by atoms with E-state index in [2.05, 4.69) is 9.88 Å². The summed E-state index contributed by atoms with van der Waals surface area (Å²) in [6.07, 6.45) is 0. The number of carbonyl (C=O) groups excluding carboxylic acids is 2. The van der Waals surface area contributed by atoms with Crippen LogP contribution in [0.15, 0.2) is 30.3 Å². The molecule has 0 bridgehead atoms. The molecular weight excluding hydrogens is 366 g/mol. The van der Waals surface area contributed by atoms with Crippen molar-refractivity contribution in [2.24, 2.45) is 0 Å². The summed E-state index contributed by atoms with van der Waals surface area (Å²) in [4.78, 5) is 26.5. The number of ether oxygens (including phenoxy) is 1. The van der Waals surface area contributed by atoms with E-state index in [1.807, 2.05) is 19.9 Å². The van der Waals surface area contributed by atoms with Gasteiger partial charge in [-0.15, -0.1) is 0 Å². The maximum absolute atomic E-state index is 12.7. The van der Waals surface area contributed by atoms with Crippen LogP contribution < -0.4 is 5.32 Å². The fourth-order valence-corrected chi connectivity index (χ4v) is 3.10. The van der Waals surface area contributed by atoms with Gasteiger partial charge < -0.3 is 14.6 Å². The van der Waals surface area contributed by atoms with E-state index in [1.165, 1.54) is 0 Å². The molecule has 1 heterocycles. The van der Waals surface area contributed by atoms with Crippen LogP contribution in [0.5, 0.6) is 0 Å². The number of benzene rings is 1. The van der Waals surface area contributed by atoms with Crippen molar-refractivity contribution >= 4 is 29.0 Å². The molecule has 1 amide bonds. The summed E-state index contributed by atoms with van der Waals surface area (Å²) in [5, 5.41) is 3.40. The SMILES string of the molecule is COCCn1c(C)cc(C(=O)CN(C)CC(=O)Nc2ccc(Cl)cc2)c1C. The molecule has 0 saturated carbocycles. The minimum absolute atomic E-state index is 0.00596. The topological polar surface area (TPSA) is 63.6 Å². The molecule has 0 fully saturated rings. The van der Waals surface area contributed by atoms with Crippen LogP contribution in [0.4, 0.5) is 5.69 Å². The quantitative estimate of drug-likeness (QED) is 0.667. The molecule has 1 aromatic heterocycles. The Hall–Kier alpha value is -2.15. The third-order valence-corrected chi connectivity index (χ3v) is 4.60. The highest BCUT2D eigenvalue weighted by atomic mass is 35.5. The second-order valence-electron chi connectivity index (χ2n) is 6.58. The highest BCUT2D eigenvalue weighted by Crippen LogP contribution is 2.16. The van der Waals surface area contributed by atoms with Gasteiger partial charge in [0.25, 0.3) is 0 Å². The number of hydrogen-bond donors (Lipinski definition) is 1. The van der Waals surface area contributed by atoms with Gasteiger partial charge in [0.05, 0.1) is 19.7 Å². The monoisotopic (exact) mass is 391 g/mol. The van der Waals surface area contributed by atoms with Gasteiger partial charge in [0, 0.05) is 41.3 Å². The Morgan fingerprint density at radius 3 is 2.48 bits per heavy atom. The van der Waals surface area contributed by atoms with Crippen molar-refractivity contribution < 1.29 is 14.3 Å². The lowest BCUT2D eigenvalue weighted by atomic mass is 10.1. The average molecular weight is 392 g/mol. The molecule has 7 heteroatoms. The van der Waals surface area contributed by atoms with Gasteiger partial charge in [-0.3, -0.25) is 14.5 Å². The Kier molecular flexibility index (Phi) is 7.59. The predicted octanol–water partition coefficient (Wildman–Crippen LogP) is 3.16. The molecule has 6 nitrogen and oxygen atoms in total. The summed E-state index contributed by atoms with van der Waals surface area (Å²) < 4.78 is 7.20. The van der Waals surface area contributed by atoms with Crippen LogP contribution in [0.1, 0.15) is 21.7 Å². The zero-order chi connectivity index (χ0) is 20.0. The van der Waals surface area contributed by atoms with Gasteiger partial charge in [-0.05, 0) is 51.2 Å².